The van der Waals surface area contributed by atoms with Gasteiger partial charge in [-0.05, 0) is 89.0 Å². The zero-order valence-corrected chi connectivity index (χ0v) is 24.6. The van der Waals surface area contributed by atoms with Gasteiger partial charge in [0.15, 0.2) is 0 Å². The zero-order valence-electron chi connectivity index (χ0n) is 23.6. The molecule has 0 aliphatic heterocycles. The molecule has 196 valence electrons. The molecule has 0 spiro atoms. The fourth-order valence-electron chi connectivity index (χ4n) is 9.11. The van der Waals surface area contributed by atoms with Crippen molar-refractivity contribution in [3.8, 4) is 11.3 Å². The van der Waals surface area contributed by atoms with Crippen molar-refractivity contribution < 1.29 is 9.53 Å². The highest BCUT2D eigenvalue weighted by atomic mass is 28.3. The molecule has 6 atom stereocenters. The molecule has 0 amide bonds. The van der Waals surface area contributed by atoms with Crippen LogP contribution < -0.4 is 5.19 Å². The first-order chi connectivity index (χ1) is 17.5. The topological polar surface area (TPSA) is 39.2 Å². The molecule has 2 aromatic rings. The van der Waals surface area contributed by atoms with Gasteiger partial charge in [0.25, 0.3) is 0 Å². The quantitative estimate of drug-likeness (QED) is 0.247. The first kappa shape index (κ1) is 25.1. The second-order valence-corrected chi connectivity index (χ2v) is 18.9. The van der Waals surface area contributed by atoms with E-state index >= 15 is 0 Å². The number of esters is 1. The van der Waals surface area contributed by atoms with Gasteiger partial charge >= 0.3 is 5.97 Å². The van der Waals surface area contributed by atoms with Gasteiger partial charge in [-0.2, -0.15) is 0 Å². The van der Waals surface area contributed by atoms with Gasteiger partial charge in [0.2, 0.25) is 0 Å². The summed E-state index contributed by atoms with van der Waals surface area (Å²) in [6.45, 7) is 14.2. The smallest absolute Gasteiger partial charge is 0.302 e. The largest absolute Gasteiger partial charge is 0.462 e. The number of benzene rings is 1. The van der Waals surface area contributed by atoms with E-state index in [1.807, 2.05) is 0 Å². The molecule has 4 aliphatic rings. The van der Waals surface area contributed by atoms with Crippen LogP contribution in [0.1, 0.15) is 70.4 Å². The van der Waals surface area contributed by atoms with E-state index in [-0.39, 0.29) is 22.9 Å². The van der Waals surface area contributed by atoms with Crippen LogP contribution in [-0.2, 0) is 21.4 Å². The highest BCUT2D eigenvalue weighted by molar-refractivity contribution is 6.90. The Bertz CT molecular complexity index is 1260. The third kappa shape index (κ3) is 3.88. The van der Waals surface area contributed by atoms with Crippen molar-refractivity contribution >= 4 is 19.2 Å². The van der Waals surface area contributed by atoms with Crippen molar-refractivity contribution in [3.63, 3.8) is 0 Å². The Labute approximate surface area is 224 Å². The molecule has 0 unspecified atom stereocenters. The van der Waals surface area contributed by atoms with Crippen LogP contribution in [-0.4, -0.2) is 25.1 Å². The second kappa shape index (κ2) is 8.66. The van der Waals surface area contributed by atoms with Crippen LogP contribution in [0.3, 0.4) is 0 Å². The van der Waals surface area contributed by atoms with Gasteiger partial charge in [0.1, 0.15) is 6.10 Å². The van der Waals surface area contributed by atoms with Crippen molar-refractivity contribution in [1.82, 2.24) is 4.98 Å². The summed E-state index contributed by atoms with van der Waals surface area (Å²) in [5, 5.41) is 1.61. The molecule has 1 aromatic carbocycles. The third-order valence-corrected chi connectivity index (χ3v) is 12.7. The molecule has 2 fully saturated rings. The highest BCUT2D eigenvalue weighted by Gasteiger charge is 2.58. The number of allylic oxidation sites excluding steroid dienone is 1. The van der Waals surface area contributed by atoms with E-state index in [2.05, 4.69) is 76.1 Å². The number of carbonyl (C=O) groups is 1. The molecule has 1 aromatic heterocycles. The Morgan fingerprint density at radius 3 is 2.43 bits per heavy atom. The van der Waals surface area contributed by atoms with E-state index in [0.717, 1.165) is 31.1 Å². The number of hydrogen-bond donors (Lipinski definition) is 0. The van der Waals surface area contributed by atoms with Gasteiger partial charge in [0.05, 0.1) is 13.8 Å². The van der Waals surface area contributed by atoms with Crippen molar-refractivity contribution in [2.75, 3.05) is 0 Å². The van der Waals surface area contributed by atoms with Crippen LogP contribution >= 0.6 is 0 Å². The molecule has 3 nitrogen and oxygen atoms in total. The average molecular weight is 514 g/mol. The molecule has 4 heteroatoms. The summed E-state index contributed by atoms with van der Waals surface area (Å²) in [7, 11) is -1.66. The SMILES string of the molecule is CC(=O)O[C@H]1CC[C@@]2(C)C(=CC[C@H]3[C@@H]2CC[C@]2(C)c4c(cnc(-c5ccccc5)c4[Si](C)(C)C)C[C@@H]32)C1. The Balaban J connectivity index is 1.39. The molecule has 0 saturated heterocycles. The Morgan fingerprint density at radius 2 is 1.73 bits per heavy atom. The molecule has 0 radical (unpaired) electrons. The first-order valence-corrected chi connectivity index (χ1v) is 18.0. The average Bonchev–Trinajstić information content (AvgIpc) is 3.16. The van der Waals surface area contributed by atoms with Crippen LogP contribution in [0.25, 0.3) is 11.3 Å². The maximum absolute atomic E-state index is 11.6. The van der Waals surface area contributed by atoms with Crippen LogP contribution in [0.15, 0.2) is 48.2 Å². The van der Waals surface area contributed by atoms with Gasteiger partial charge in [-0.3, -0.25) is 9.78 Å². The van der Waals surface area contributed by atoms with E-state index in [9.17, 15) is 4.79 Å². The molecule has 4 aliphatic carbocycles. The Hall–Kier alpha value is -2.20. The summed E-state index contributed by atoms with van der Waals surface area (Å²) in [6, 6.07) is 10.9. The minimum absolute atomic E-state index is 0.0692. The van der Waals surface area contributed by atoms with E-state index < -0.39 is 8.07 Å². The molecule has 6 rings (SSSR count). The number of pyridine rings is 1. The molecule has 2 saturated carbocycles. The fourth-order valence-corrected chi connectivity index (χ4v) is 11.2. The summed E-state index contributed by atoms with van der Waals surface area (Å²) >= 11 is 0. The summed E-state index contributed by atoms with van der Waals surface area (Å²) in [5.41, 5.74) is 7.78. The predicted molar refractivity (Wildman–Crippen MR) is 154 cm³/mol. The molecule has 0 N–H and O–H groups in total. The lowest BCUT2D eigenvalue weighted by atomic mass is 9.47. The van der Waals surface area contributed by atoms with E-state index in [1.165, 1.54) is 42.5 Å². The number of aromatic nitrogens is 1. The van der Waals surface area contributed by atoms with Gasteiger partial charge < -0.3 is 4.74 Å². The molecule has 1 heterocycles. The van der Waals surface area contributed by atoms with Crippen molar-refractivity contribution in [2.45, 2.75) is 96.9 Å². The molecular formula is C33H43NO2Si. The summed E-state index contributed by atoms with van der Waals surface area (Å²) in [6.07, 6.45) is 12.9. The van der Waals surface area contributed by atoms with Crippen molar-refractivity contribution in [3.05, 3.63) is 59.3 Å². The number of rotatable bonds is 3. The number of fused-ring (bicyclic) bond motifs is 7. The lowest BCUT2D eigenvalue weighted by molar-refractivity contribution is -0.148. The van der Waals surface area contributed by atoms with Crippen LogP contribution in [0.2, 0.25) is 19.6 Å². The Kier molecular flexibility index (Phi) is 5.87. The standard InChI is InChI=1S/C33H43NO2Si/c1-21(35)36-25-14-16-32(2)24(19-25)12-13-26-27(32)15-17-33(3)28(26)18-23-20-34-30(22-10-8-7-9-11-22)31(29(23)33)37(4,5)6/h7-12,20,25-28H,13-19H2,1-6H3/t25-,26-,27-,28-,32-,33-/m0/s1. The number of nitrogens with zero attached hydrogens (tertiary/aromatic N) is 1. The lowest BCUT2D eigenvalue weighted by Gasteiger charge is -2.57. The summed E-state index contributed by atoms with van der Waals surface area (Å²) in [4.78, 5) is 16.8. The summed E-state index contributed by atoms with van der Waals surface area (Å²) < 4.78 is 5.66. The van der Waals surface area contributed by atoms with Crippen molar-refractivity contribution in [1.29, 1.82) is 0 Å². The first-order valence-electron chi connectivity index (χ1n) is 14.5. The second-order valence-electron chi connectivity index (χ2n) is 13.9. The maximum Gasteiger partial charge on any atom is 0.302 e. The minimum Gasteiger partial charge on any atom is -0.462 e. The lowest BCUT2D eigenvalue weighted by Crippen LogP contribution is -2.53. The third-order valence-electron chi connectivity index (χ3n) is 10.7. The minimum atomic E-state index is -1.66. The Morgan fingerprint density at radius 1 is 1.00 bits per heavy atom. The highest BCUT2D eigenvalue weighted by Crippen LogP contribution is 2.64. The normalized spacial score (nSPS) is 34.5. The summed E-state index contributed by atoms with van der Waals surface area (Å²) in [5.74, 6) is 2.00. The number of ether oxygens (including phenoxy) is 1. The molecule has 0 bridgehead atoms. The molecule has 37 heavy (non-hydrogen) atoms. The number of hydrogen-bond acceptors (Lipinski definition) is 3. The zero-order chi connectivity index (χ0) is 26.2. The fraction of sp³-hybridized carbons (Fsp3) is 0.576. The van der Waals surface area contributed by atoms with E-state index in [0.29, 0.717) is 5.92 Å². The molecular weight excluding hydrogens is 470 g/mol. The van der Waals surface area contributed by atoms with Gasteiger partial charge in [-0.1, -0.05) is 75.5 Å². The van der Waals surface area contributed by atoms with Crippen LogP contribution in [0, 0.1) is 23.2 Å². The maximum atomic E-state index is 11.6. The predicted octanol–water partition coefficient (Wildman–Crippen LogP) is 7.20. The van der Waals surface area contributed by atoms with Gasteiger partial charge in [-0.15, -0.1) is 0 Å². The monoisotopic (exact) mass is 513 g/mol. The van der Waals surface area contributed by atoms with Gasteiger partial charge in [-0.25, -0.2) is 0 Å². The van der Waals surface area contributed by atoms with Crippen LogP contribution in [0.5, 0.6) is 0 Å². The van der Waals surface area contributed by atoms with E-state index in [4.69, 9.17) is 9.72 Å². The van der Waals surface area contributed by atoms with Crippen molar-refractivity contribution in [2.24, 2.45) is 23.2 Å². The van der Waals surface area contributed by atoms with Crippen LogP contribution in [0.4, 0.5) is 0 Å². The van der Waals surface area contributed by atoms with Gasteiger partial charge in [0, 0.05) is 19.5 Å². The number of carbonyl (C=O) groups excluding carboxylic acids is 1. The van der Waals surface area contributed by atoms with E-state index in [1.54, 1.807) is 23.2 Å².